The number of hydrogen-bond donors (Lipinski definition) is 2. The Morgan fingerprint density at radius 3 is 1.37 bits per heavy atom. The van der Waals surface area contributed by atoms with Gasteiger partial charge in [-0.2, -0.15) is 0 Å². The molecule has 2 heterocycles. The summed E-state index contributed by atoms with van der Waals surface area (Å²) in [7, 11) is 1.70. The molecule has 0 aliphatic heterocycles. The Kier molecular flexibility index (Phi) is 16.0. The number of hydrogen-bond acceptors (Lipinski definition) is 12. The largest absolute Gasteiger partial charge is 0.759 e. The monoisotopic (exact) mass is 746 g/mol. The third-order valence-electron chi connectivity index (χ3n) is 6.40. The number of anilines is 2. The van der Waals surface area contributed by atoms with Gasteiger partial charge in [0, 0.05) is 60.6 Å². The van der Waals surface area contributed by atoms with E-state index < -0.39 is 20.2 Å². The van der Waals surface area contributed by atoms with Gasteiger partial charge in [0.1, 0.15) is 47.7 Å². The van der Waals surface area contributed by atoms with Crippen molar-refractivity contribution >= 4 is 56.4 Å². The predicted octanol–water partition coefficient (Wildman–Crippen LogP) is 3.43. The van der Waals surface area contributed by atoms with E-state index in [1.54, 1.807) is 12.1 Å². The van der Waals surface area contributed by atoms with Gasteiger partial charge in [-0.15, -0.1) is 0 Å². The van der Waals surface area contributed by atoms with Crippen LogP contribution in [0.5, 0.6) is 11.5 Å². The fraction of sp³-hybridized carbons (Fsp3) is 0.357. The molecule has 0 saturated heterocycles. The average molecular weight is 748 g/mol. The van der Waals surface area contributed by atoms with Gasteiger partial charge in [-0.1, -0.05) is 23.2 Å². The summed E-state index contributed by atoms with van der Waals surface area (Å²) in [6, 6.07) is 5.70. The summed E-state index contributed by atoms with van der Waals surface area (Å²) in [6.45, 7) is 2.86. The molecule has 2 N–H and O–H groups in total. The lowest BCUT2D eigenvalue weighted by Gasteiger charge is -2.09. The smallest absolute Gasteiger partial charge is 0.294 e. The number of methoxy groups -OCH3 is 2. The van der Waals surface area contributed by atoms with Crippen LogP contribution in [-0.4, -0.2) is 63.8 Å². The van der Waals surface area contributed by atoms with Crippen LogP contribution in [0, 0.1) is 20.2 Å². The number of aromatic nitrogens is 4. The van der Waals surface area contributed by atoms with Gasteiger partial charge >= 0.3 is 0 Å². The molecule has 2 aromatic carbocycles. The summed E-state index contributed by atoms with van der Waals surface area (Å²) in [5, 5.41) is 28.8. The van der Waals surface area contributed by atoms with E-state index in [1.807, 2.05) is 60.7 Å². The van der Waals surface area contributed by atoms with E-state index in [-0.39, 0.29) is 21.4 Å². The molecule has 21 heteroatoms. The molecule has 4 aromatic rings. The van der Waals surface area contributed by atoms with Crippen molar-refractivity contribution in [3.63, 3.8) is 0 Å². The molecule has 2 aromatic heterocycles. The fourth-order valence-electron chi connectivity index (χ4n) is 4.22. The first-order valence-corrected chi connectivity index (χ1v) is 16.3. The van der Waals surface area contributed by atoms with E-state index in [1.165, 1.54) is 26.4 Å². The Morgan fingerprint density at radius 1 is 0.755 bits per heavy atom. The highest BCUT2D eigenvalue weighted by Gasteiger charge is 2.19. The molecule has 0 aliphatic rings. The van der Waals surface area contributed by atoms with E-state index in [2.05, 4.69) is 19.8 Å². The highest BCUT2D eigenvalue weighted by atomic mass is 35.5. The van der Waals surface area contributed by atoms with Crippen LogP contribution in [0.3, 0.4) is 0 Å². The summed E-state index contributed by atoms with van der Waals surface area (Å²) < 4.78 is 52.3. The molecule has 0 atom stereocenters. The van der Waals surface area contributed by atoms with Gasteiger partial charge in [0.15, 0.2) is 0 Å². The highest BCUT2D eigenvalue weighted by Crippen LogP contribution is 2.36. The maximum atomic E-state index is 11.1. The number of rotatable bonds is 14. The van der Waals surface area contributed by atoms with Crippen molar-refractivity contribution in [2.24, 2.45) is 14.1 Å². The molecule has 0 amide bonds. The lowest BCUT2D eigenvalue weighted by atomic mass is 10.2. The third-order valence-corrected chi connectivity index (χ3v) is 6.99. The number of benzene rings is 2. The first-order chi connectivity index (χ1) is 23.0. The summed E-state index contributed by atoms with van der Waals surface area (Å²) in [4.78, 5) is 21.3. The Labute approximate surface area is 292 Å². The molecule has 0 radical (unpaired) electrons. The number of nitrogens with zero attached hydrogens (tertiary/aromatic N) is 6. The minimum Gasteiger partial charge on any atom is -0.759 e. The van der Waals surface area contributed by atoms with Crippen LogP contribution >= 0.6 is 23.2 Å². The second-order valence-corrected chi connectivity index (χ2v) is 11.8. The van der Waals surface area contributed by atoms with Crippen LogP contribution in [0.1, 0.15) is 12.8 Å². The van der Waals surface area contributed by atoms with Gasteiger partial charge in [0.25, 0.3) is 11.4 Å². The molecular formula is C28H36Cl2N8O10S. The molecule has 0 bridgehead atoms. The first-order valence-electron chi connectivity index (χ1n) is 14.2. The molecule has 18 nitrogen and oxygen atoms in total. The van der Waals surface area contributed by atoms with Crippen LogP contribution in [0.25, 0.3) is 0 Å². The molecule has 4 rings (SSSR count). The quantitative estimate of drug-likeness (QED) is 0.0473. The van der Waals surface area contributed by atoms with E-state index in [4.69, 9.17) is 50.2 Å². The van der Waals surface area contributed by atoms with E-state index in [0.29, 0.717) is 36.0 Å². The Balaban J connectivity index is 0.000000299. The van der Waals surface area contributed by atoms with Crippen molar-refractivity contribution in [2.75, 3.05) is 37.9 Å². The molecule has 0 fully saturated rings. The number of imidazole rings is 2. The normalized spacial score (nSPS) is 10.6. The summed E-state index contributed by atoms with van der Waals surface area (Å²) in [5.74, 6) is 0.819. The van der Waals surface area contributed by atoms with E-state index in [9.17, 15) is 20.2 Å². The number of halogens is 2. The summed E-state index contributed by atoms with van der Waals surface area (Å²) in [6.07, 6.45) is 13.5. The zero-order chi connectivity index (χ0) is 36.7. The Morgan fingerprint density at radius 2 is 1.10 bits per heavy atom. The van der Waals surface area contributed by atoms with Gasteiger partial charge in [-0.3, -0.25) is 28.6 Å². The van der Waals surface area contributed by atoms with E-state index in [0.717, 1.165) is 25.9 Å². The van der Waals surface area contributed by atoms with Crippen LogP contribution in [-0.2, 0) is 37.6 Å². The van der Waals surface area contributed by atoms with Crippen molar-refractivity contribution in [2.45, 2.75) is 25.9 Å². The molecular weight excluding hydrogens is 711 g/mol. The molecule has 268 valence electrons. The molecule has 0 aliphatic carbocycles. The summed E-state index contributed by atoms with van der Waals surface area (Å²) in [5.41, 5.74) is 0.699. The van der Waals surface area contributed by atoms with Crippen molar-refractivity contribution in [1.82, 2.24) is 9.13 Å². The minimum atomic E-state index is -5.17. The van der Waals surface area contributed by atoms with Crippen molar-refractivity contribution in [1.29, 1.82) is 0 Å². The van der Waals surface area contributed by atoms with Crippen molar-refractivity contribution < 1.29 is 46.0 Å². The van der Waals surface area contributed by atoms with Gasteiger partial charge in [-0.05, 0) is 0 Å². The highest BCUT2D eigenvalue weighted by molar-refractivity contribution is 7.79. The SMILES string of the molecule is COc1cc(NCCCn2cc[n+](C)c2)c([N+](=O)[O-])cc1Cl.COc1cc(NCCCn2cc[n+](C)c2)c([N+](=O)[O-])cc1Cl.O=S(=O)([O-])[O-]. The Hall–Kier alpha value is -4.69. The molecule has 0 spiro atoms. The van der Waals surface area contributed by atoms with Crippen molar-refractivity contribution in [3.05, 3.63) is 92.0 Å². The minimum absolute atomic E-state index is 0.0573. The zero-order valence-corrected chi connectivity index (χ0v) is 29.3. The third kappa shape index (κ3) is 14.5. The second kappa shape index (κ2) is 19.3. The number of nitrogens with one attached hydrogen (secondary N) is 2. The maximum Gasteiger partial charge on any atom is 0.294 e. The molecule has 0 unspecified atom stereocenters. The standard InChI is InChI=1S/2C14H18ClN4O3.H2O4S/c2*1-17-6-7-18(10-17)5-3-4-16-12-9-14(22-2)11(15)8-13(12)19(20)21;1-5(2,3)4/h2*6-10,16H,3-5H2,1-2H3;(H2,1,2,3,4)/q2*+1;/p-2. The summed E-state index contributed by atoms with van der Waals surface area (Å²) >= 11 is 11.9. The van der Waals surface area contributed by atoms with Crippen LogP contribution in [0.4, 0.5) is 22.7 Å². The molecule has 49 heavy (non-hydrogen) atoms. The number of aryl methyl sites for hydroxylation is 4. The van der Waals surface area contributed by atoms with Gasteiger partial charge < -0.3 is 29.2 Å². The van der Waals surface area contributed by atoms with E-state index >= 15 is 0 Å². The molecule has 0 saturated carbocycles. The van der Waals surface area contributed by atoms with Crippen molar-refractivity contribution in [3.8, 4) is 11.5 Å². The first kappa shape index (κ1) is 40.5. The maximum absolute atomic E-state index is 11.1. The fourth-order valence-corrected chi connectivity index (χ4v) is 4.69. The Bertz CT molecular complexity index is 1690. The van der Waals surface area contributed by atoms with Gasteiger partial charge in [-0.25, -0.2) is 18.3 Å². The van der Waals surface area contributed by atoms with Crippen LogP contribution in [0.15, 0.2) is 61.7 Å². The number of nitro groups is 2. The van der Waals surface area contributed by atoms with Gasteiger partial charge in [0.05, 0.1) is 61.3 Å². The average Bonchev–Trinajstić information content (AvgIpc) is 3.64. The lowest BCUT2D eigenvalue weighted by molar-refractivity contribution is -0.671. The van der Waals surface area contributed by atoms with Crippen LogP contribution < -0.4 is 29.2 Å². The number of nitro benzene ring substituents is 2. The second-order valence-electron chi connectivity index (χ2n) is 10.1. The number of ether oxygens (including phenoxy) is 2. The van der Waals surface area contributed by atoms with Gasteiger partial charge in [0.2, 0.25) is 12.7 Å². The predicted molar refractivity (Wildman–Crippen MR) is 177 cm³/mol. The lowest BCUT2D eigenvalue weighted by Crippen LogP contribution is -2.23. The topological polar surface area (TPSA) is 227 Å². The zero-order valence-electron chi connectivity index (χ0n) is 26.9. The van der Waals surface area contributed by atoms with Crippen LogP contribution in [0.2, 0.25) is 10.0 Å².